The zero-order valence-electron chi connectivity index (χ0n) is 10.2. The molecule has 1 atom stereocenters. The molecule has 0 spiro atoms. The van der Waals surface area contributed by atoms with E-state index in [1.807, 2.05) is 24.7 Å². The van der Waals surface area contributed by atoms with E-state index in [1.54, 1.807) is 6.20 Å². The van der Waals surface area contributed by atoms with E-state index in [0.29, 0.717) is 5.92 Å². The van der Waals surface area contributed by atoms with Crippen molar-refractivity contribution in [3.05, 3.63) is 18.0 Å². The molecule has 1 N–H and O–H groups in total. The highest BCUT2D eigenvalue weighted by Crippen LogP contribution is 2.21. The van der Waals surface area contributed by atoms with Gasteiger partial charge in [-0.15, -0.1) is 0 Å². The van der Waals surface area contributed by atoms with Crippen LogP contribution in [0.3, 0.4) is 0 Å². The Morgan fingerprint density at radius 2 is 2.20 bits per heavy atom. The Morgan fingerprint density at radius 1 is 1.53 bits per heavy atom. The summed E-state index contributed by atoms with van der Waals surface area (Å²) in [6.07, 6.45) is 4.33. The quantitative estimate of drug-likeness (QED) is 0.808. The Labute approximate surface area is 92.1 Å². The first-order chi connectivity index (χ1) is 6.91. The van der Waals surface area contributed by atoms with Gasteiger partial charge < -0.3 is 5.11 Å². The third kappa shape index (κ3) is 4.04. The fourth-order valence-electron chi connectivity index (χ4n) is 2.03. The van der Waals surface area contributed by atoms with Crippen LogP contribution < -0.4 is 0 Å². The maximum Gasteiger partial charge on any atom is 0.0626 e. The molecule has 3 nitrogen and oxygen atoms in total. The van der Waals surface area contributed by atoms with Gasteiger partial charge >= 0.3 is 0 Å². The van der Waals surface area contributed by atoms with Crippen molar-refractivity contribution in [1.29, 1.82) is 0 Å². The Bertz CT molecular complexity index is 302. The molecule has 15 heavy (non-hydrogen) atoms. The molecule has 0 saturated carbocycles. The number of aromatic nitrogens is 2. The van der Waals surface area contributed by atoms with Gasteiger partial charge in [-0.1, -0.05) is 13.8 Å². The third-order valence-corrected chi connectivity index (χ3v) is 2.69. The van der Waals surface area contributed by atoms with Crippen LogP contribution in [-0.2, 0) is 13.5 Å². The molecule has 1 heterocycles. The van der Waals surface area contributed by atoms with Crippen LogP contribution in [0.15, 0.2) is 12.3 Å². The SMILES string of the molecule is CC(C)CC(C)(O)CCc1ccnn1C. The fourth-order valence-corrected chi connectivity index (χ4v) is 2.03. The van der Waals surface area contributed by atoms with Crippen LogP contribution in [0.1, 0.15) is 39.3 Å². The van der Waals surface area contributed by atoms with Crippen LogP contribution in [0.5, 0.6) is 0 Å². The van der Waals surface area contributed by atoms with Gasteiger partial charge in [0.15, 0.2) is 0 Å². The van der Waals surface area contributed by atoms with Gasteiger partial charge in [-0.3, -0.25) is 4.68 Å². The Kier molecular flexibility index (Phi) is 3.91. The second kappa shape index (κ2) is 4.79. The molecule has 0 fully saturated rings. The van der Waals surface area contributed by atoms with Crippen molar-refractivity contribution in [2.75, 3.05) is 0 Å². The summed E-state index contributed by atoms with van der Waals surface area (Å²) in [4.78, 5) is 0. The minimum absolute atomic E-state index is 0.534. The fraction of sp³-hybridized carbons (Fsp3) is 0.750. The zero-order valence-corrected chi connectivity index (χ0v) is 10.2. The molecule has 0 aliphatic heterocycles. The summed E-state index contributed by atoms with van der Waals surface area (Å²) in [5.41, 5.74) is 0.623. The van der Waals surface area contributed by atoms with Gasteiger partial charge in [-0.25, -0.2) is 0 Å². The zero-order chi connectivity index (χ0) is 11.5. The number of aryl methyl sites for hydroxylation is 2. The molecule has 1 aromatic heterocycles. The maximum atomic E-state index is 10.1. The summed E-state index contributed by atoms with van der Waals surface area (Å²) in [6, 6.07) is 2.01. The van der Waals surface area contributed by atoms with Gasteiger partial charge in [0.05, 0.1) is 5.60 Å². The van der Waals surface area contributed by atoms with Crippen molar-refractivity contribution in [2.45, 2.75) is 45.6 Å². The number of hydrogen-bond acceptors (Lipinski definition) is 2. The molecule has 1 unspecified atom stereocenters. The van der Waals surface area contributed by atoms with Crippen molar-refractivity contribution in [3.8, 4) is 0 Å². The number of aliphatic hydroxyl groups is 1. The second-order valence-electron chi connectivity index (χ2n) is 5.04. The molecule has 0 radical (unpaired) electrons. The molecule has 1 aromatic rings. The first-order valence-electron chi connectivity index (χ1n) is 5.60. The summed E-state index contributed by atoms with van der Waals surface area (Å²) in [7, 11) is 1.94. The Hall–Kier alpha value is -0.830. The van der Waals surface area contributed by atoms with Crippen molar-refractivity contribution in [1.82, 2.24) is 9.78 Å². The lowest BCUT2D eigenvalue weighted by Gasteiger charge is -2.25. The summed E-state index contributed by atoms with van der Waals surface area (Å²) in [5, 5.41) is 14.3. The first-order valence-corrected chi connectivity index (χ1v) is 5.60. The van der Waals surface area contributed by atoms with E-state index in [0.717, 1.165) is 19.3 Å². The van der Waals surface area contributed by atoms with Gasteiger partial charge in [0, 0.05) is 18.9 Å². The van der Waals surface area contributed by atoms with Gasteiger partial charge in [0.25, 0.3) is 0 Å². The molecule has 86 valence electrons. The van der Waals surface area contributed by atoms with Crippen LogP contribution in [-0.4, -0.2) is 20.5 Å². The van der Waals surface area contributed by atoms with Crippen molar-refractivity contribution in [2.24, 2.45) is 13.0 Å². The second-order valence-corrected chi connectivity index (χ2v) is 5.04. The lowest BCUT2D eigenvalue weighted by Crippen LogP contribution is -2.27. The lowest BCUT2D eigenvalue weighted by molar-refractivity contribution is 0.0298. The summed E-state index contributed by atoms with van der Waals surface area (Å²) in [5.74, 6) is 0.534. The average Bonchev–Trinajstić information content (AvgIpc) is 2.45. The molecule has 0 aliphatic rings. The highest BCUT2D eigenvalue weighted by molar-refractivity contribution is 5.00. The van der Waals surface area contributed by atoms with E-state index in [9.17, 15) is 5.11 Å². The van der Waals surface area contributed by atoms with E-state index < -0.39 is 5.60 Å². The summed E-state index contributed by atoms with van der Waals surface area (Å²) < 4.78 is 1.87. The van der Waals surface area contributed by atoms with Crippen LogP contribution in [0.2, 0.25) is 0 Å². The molecule has 0 aromatic carbocycles. The van der Waals surface area contributed by atoms with E-state index in [-0.39, 0.29) is 0 Å². The maximum absolute atomic E-state index is 10.1. The largest absolute Gasteiger partial charge is 0.390 e. The summed E-state index contributed by atoms with van der Waals surface area (Å²) in [6.45, 7) is 6.19. The van der Waals surface area contributed by atoms with Crippen LogP contribution >= 0.6 is 0 Å². The molecule has 1 rings (SSSR count). The minimum atomic E-state index is -0.557. The topological polar surface area (TPSA) is 38.1 Å². The van der Waals surface area contributed by atoms with Gasteiger partial charge in [-0.2, -0.15) is 5.10 Å². The average molecular weight is 210 g/mol. The van der Waals surface area contributed by atoms with E-state index >= 15 is 0 Å². The highest BCUT2D eigenvalue weighted by atomic mass is 16.3. The van der Waals surface area contributed by atoms with Crippen molar-refractivity contribution in [3.63, 3.8) is 0 Å². The standard InChI is InChI=1S/C12H22N2O/c1-10(2)9-12(3,15)7-5-11-6-8-13-14(11)4/h6,8,10,15H,5,7,9H2,1-4H3. The van der Waals surface area contributed by atoms with E-state index in [1.165, 1.54) is 5.69 Å². The molecule has 0 bridgehead atoms. The summed E-state index contributed by atoms with van der Waals surface area (Å²) >= 11 is 0. The number of nitrogens with zero attached hydrogens (tertiary/aromatic N) is 2. The Morgan fingerprint density at radius 3 is 2.67 bits per heavy atom. The minimum Gasteiger partial charge on any atom is -0.390 e. The first kappa shape index (κ1) is 12.2. The van der Waals surface area contributed by atoms with Crippen LogP contribution in [0, 0.1) is 5.92 Å². The van der Waals surface area contributed by atoms with Crippen molar-refractivity contribution < 1.29 is 5.11 Å². The van der Waals surface area contributed by atoms with E-state index in [2.05, 4.69) is 18.9 Å². The monoisotopic (exact) mass is 210 g/mol. The molecular formula is C12H22N2O. The molecule has 0 saturated heterocycles. The third-order valence-electron chi connectivity index (χ3n) is 2.69. The Balaban J connectivity index is 2.46. The highest BCUT2D eigenvalue weighted by Gasteiger charge is 2.21. The van der Waals surface area contributed by atoms with Crippen LogP contribution in [0.25, 0.3) is 0 Å². The lowest BCUT2D eigenvalue weighted by atomic mass is 9.89. The number of rotatable bonds is 5. The predicted molar refractivity (Wildman–Crippen MR) is 61.6 cm³/mol. The number of hydrogen-bond donors (Lipinski definition) is 1. The van der Waals surface area contributed by atoms with Crippen LogP contribution in [0.4, 0.5) is 0 Å². The molecule has 3 heteroatoms. The molecule has 0 amide bonds. The smallest absolute Gasteiger partial charge is 0.0626 e. The normalized spacial score (nSPS) is 15.6. The predicted octanol–water partition coefficient (Wildman–Crippen LogP) is 2.15. The van der Waals surface area contributed by atoms with Gasteiger partial charge in [0.1, 0.15) is 0 Å². The van der Waals surface area contributed by atoms with Crippen molar-refractivity contribution >= 4 is 0 Å². The molecular weight excluding hydrogens is 188 g/mol. The molecule has 0 aliphatic carbocycles. The van der Waals surface area contributed by atoms with E-state index in [4.69, 9.17) is 0 Å². The van der Waals surface area contributed by atoms with Gasteiger partial charge in [0.2, 0.25) is 0 Å². The van der Waals surface area contributed by atoms with Gasteiger partial charge in [-0.05, 0) is 38.2 Å².